The van der Waals surface area contributed by atoms with Gasteiger partial charge in [0.05, 0.1) is 26.4 Å². The van der Waals surface area contributed by atoms with Crippen LogP contribution in [-0.4, -0.2) is 96.7 Å². The zero-order chi connectivity index (χ0) is 58.7. The number of ether oxygens (including phenoxy) is 4. The van der Waals surface area contributed by atoms with Gasteiger partial charge in [-0.1, -0.05) is 241 Å². The second kappa shape index (κ2) is 52.8. The van der Waals surface area contributed by atoms with E-state index in [1.165, 1.54) is 89.9 Å². The maximum atomic E-state index is 12.9. The summed E-state index contributed by atoms with van der Waals surface area (Å²) in [5.74, 6) is -0.631. The van der Waals surface area contributed by atoms with E-state index < -0.39 is 97.5 Å². The zero-order valence-corrected chi connectivity index (χ0v) is 52.4. The summed E-state index contributed by atoms with van der Waals surface area (Å²) in [5, 5.41) is 10.5. The first kappa shape index (κ1) is 77.1. The highest BCUT2D eigenvalue weighted by atomic mass is 31.2. The molecule has 0 aliphatic rings. The third-order valence-electron chi connectivity index (χ3n) is 13.7. The number of phosphoric ester groups is 2. The van der Waals surface area contributed by atoms with Crippen molar-refractivity contribution in [3.63, 3.8) is 0 Å². The molecule has 0 aliphatic heterocycles. The Hall–Kier alpha value is -1.94. The Morgan fingerprint density at radius 1 is 0.342 bits per heavy atom. The third kappa shape index (κ3) is 55.0. The second-order valence-corrected chi connectivity index (χ2v) is 25.6. The average molecular weight is 1170 g/mol. The van der Waals surface area contributed by atoms with Crippen LogP contribution in [0, 0.1) is 11.8 Å². The van der Waals surface area contributed by atoms with E-state index >= 15 is 0 Å². The van der Waals surface area contributed by atoms with Gasteiger partial charge in [-0.05, 0) is 37.5 Å². The van der Waals surface area contributed by atoms with Gasteiger partial charge in [0.15, 0.2) is 12.2 Å². The molecule has 0 amide bonds. The number of hydrogen-bond donors (Lipinski definition) is 3. The number of rotatable bonds is 59. The molecule has 0 fully saturated rings. The summed E-state index contributed by atoms with van der Waals surface area (Å²) in [6.45, 7) is 9.33. The Kier molecular flexibility index (Phi) is 51.5. The predicted octanol–water partition coefficient (Wildman–Crippen LogP) is 16.1. The largest absolute Gasteiger partial charge is 0.472 e. The summed E-state index contributed by atoms with van der Waals surface area (Å²) >= 11 is 0. The molecule has 19 heteroatoms. The van der Waals surface area contributed by atoms with E-state index in [0.29, 0.717) is 25.7 Å². The molecule has 0 aromatic heterocycles. The van der Waals surface area contributed by atoms with Gasteiger partial charge in [-0.3, -0.25) is 37.3 Å². The van der Waals surface area contributed by atoms with Crippen molar-refractivity contribution >= 4 is 39.5 Å². The molecule has 79 heavy (non-hydrogen) atoms. The molecule has 0 aliphatic carbocycles. The molecule has 3 N–H and O–H groups in total. The first-order chi connectivity index (χ1) is 37.9. The van der Waals surface area contributed by atoms with Crippen LogP contribution in [0.2, 0.25) is 0 Å². The van der Waals surface area contributed by atoms with Gasteiger partial charge in [-0.2, -0.15) is 0 Å². The van der Waals surface area contributed by atoms with E-state index in [-0.39, 0.29) is 25.7 Å². The molecule has 0 heterocycles. The zero-order valence-electron chi connectivity index (χ0n) is 50.7. The van der Waals surface area contributed by atoms with Crippen LogP contribution in [0.1, 0.15) is 292 Å². The number of carbonyl (C=O) groups is 4. The number of phosphoric acid groups is 2. The van der Waals surface area contributed by atoms with Crippen molar-refractivity contribution < 1.29 is 80.2 Å². The number of aliphatic hydroxyl groups is 1. The Morgan fingerprint density at radius 2 is 0.582 bits per heavy atom. The molecule has 0 saturated carbocycles. The van der Waals surface area contributed by atoms with Crippen LogP contribution in [0.15, 0.2) is 0 Å². The van der Waals surface area contributed by atoms with Crippen LogP contribution in [0.5, 0.6) is 0 Å². The van der Waals surface area contributed by atoms with E-state index in [9.17, 15) is 43.2 Å². The normalized spacial score (nSPS) is 14.4. The van der Waals surface area contributed by atoms with Gasteiger partial charge in [-0.25, -0.2) is 9.13 Å². The Bertz CT molecular complexity index is 1560. The van der Waals surface area contributed by atoms with E-state index in [2.05, 4.69) is 41.5 Å². The monoisotopic (exact) mass is 1170 g/mol. The molecule has 2 unspecified atom stereocenters. The number of carbonyl (C=O) groups excluding carboxylic acids is 4. The van der Waals surface area contributed by atoms with Crippen molar-refractivity contribution in [2.75, 3.05) is 39.6 Å². The van der Waals surface area contributed by atoms with Gasteiger partial charge in [0.1, 0.15) is 19.3 Å². The third-order valence-corrected chi connectivity index (χ3v) is 15.6. The highest BCUT2D eigenvalue weighted by Crippen LogP contribution is 2.45. The van der Waals surface area contributed by atoms with Crippen LogP contribution in [0.25, 0.3) is 0 Å². The fourth-order valence-electron chi connectivity index (χ4n) is 8.82. The van der Waals surface area contributed by atoms with Crippen molar-refractivity contribution in [3.8, 4) is 0 Å². The molecular formula is C60H116O17P2. The molecule has 0 saturated heterocycles. The molecule has 0 spiro atoms. The summed E-state index contributed by atoms with van der Waals surface area (Å²) < 4.78 is 67.5. The van der Waals surface area contributed by atoms with Gasteiger partial charge in [0.2, 0.25) is 0 Å². The Morgan fingerprint density at radius 3 is 0.861 bits per heavy atom. The number of aliphatic hydroxyl groups excluding tert-OH is 1. The van der Waals surface area contributed by atoms with Crippen LogP contribution in [-0.2, 0) is 65.4 Å². The number of unbranched alkanes of at least 4 members (excludes halogenated alkanes) is 29. The molecule has 17 nitrogen and oxygen atoms in total. The van der Waals surface area contributed by atoms with Crippen molar-refractivity contribution in [2.45, 2.75) is 310 Å². The first-order valence-electron chi connectivity index (χ1n) is 31.5. The van der Waals surface area contributed by atoms with Gasteiger partial charge < -0.3 is 33.8 Å². The van der Waals surface area contributed by atoms with Crippen molar-refractivity contribution in [3.05, 3.63) is 0 Å². The minimum Gasteiger partial charge on any atom is -0.462 e. The smallest absolute Gasteiger partial charge is 0.462 e. The molecule has 0 bridgehead atoms. The summed E-state index contributed by atoms with van der Waals surface area (Å²) in [7, 11) is -9.87. The molecule has 468 valence electrons. The fourth-order valence-corrected chi connectivity index (χ4v) is 10.4. The lowest BCUT2D eigenvalue weighted by Gasteiger charge is -2.21. The van der Waals surface area contributed by atoms with Gasteiger partial charge >= 0.3 is 39.5 Å². The Labute approximate surface area is 479 Å². The lowest BCUT2D eigenvalue weighted by atomic mass is 10.0. The van der Waals surface area contributed by atoms with Crippen LogP contribution in [0.4, 0.5) is 0 Å². The van der Waals surface area contributed by atoms with E-state index in [1.807, 2.05) is 0 Å². The van der Waals surface area contributed by atoms with Crippen LogP contribution < -0.4 is 0 Å². The minimum atomic E-state index is -4.94. The highest BCUT2D eigenvalue weighted by Gasteiger charge is 2.30. The lowest BCUT2D eigenvalue weighted by Crippen LogP contribution is -2.30. The SMILES string of the molecule is CCCCCCCCCC(=O)O[C@H](COC(=O)CCCCCCC)COP(=O)(O)OC[C@H](O)COP(=O)(O)OC[C@@H](COC(=O)CCCCCCCCCCCCC(C)C)OC(=O)CCCCCCCCCCCCCC(C)C. The predicted molar refractivity (Wildman–Crippen MR) is 312 cm³/mol. The summed E-state index contributed by atoms with van der Waals surface area (Å²) in [6.07, 6.45) is 33.9. The second-order valence-electron chi connectivity index (χ2n) is 22.7. The average Bonchev–Trinajstić information content (AvgIpc) is 3.40. The summed E-state index contributed by atoms with van der Waals surface area (Å²) in [6, 6.07) is 0. The molecule has 0 radical (unpaired) electrons. The minimum absolute atomic E-state index is 0.102. The summed E-state index contributed by atoms with van der Waals surface area (Å²) in [4.78, 5) is 71.7. The highest BCUT2D eigenvalue weighted by molar-refractivity contribution is 7.47. The van der Waals surface area contributed by atoms with E-state index in [0.717, 1.165) is 121 Å². The van der Waals surface area contributed by atoms with E-state index in [4.69, 9.17) is 37.0 Å². The Balaban J connectivity index is 5.17. The molecular weight excluding hydrogens is 1050 g/mol. The van der Waals surface area contributed by atoms with Crippen molar-refractivity contribution in [1.82, 2.24) is 0 Å². The molecule has 0 aromatic rings. The quantitative estimate of drug-likeness (QED) is 0.0222. The first-order valence-corrected chi connectivity index (χ1v) is 34.5. The number of hydrogen-bond acceptors (Lipinski definition) is 15. The molecule has 0 aromatic carbocycles. The van der Waals surface area contributed by atoms with Crippen molar-refractivity contribution in [1.29, 1.82) is 0 Å². The van der Waals surface area contributed by atoms with Gasteiger partial charge in [0, 0.05) is 25.7 Å². The van der Waals surface area contributed by atoms with Crippen LogP contribution >= 0.6 is 15.6 Å². The fraction of sp³-hybridized carbons (Fsp3) is 0.933. The molecule has 0 rings (SSSR count). The van der Waals surface area contributed by atoms with Crippen LogP contribution in [0.3, 0.4) is 0 Å². The van der Waals surface area contributed by atoms with Crippen molar-refractivity contribution in [2.24, 2.45) is 11.8 Å². The maximum Gasteiger partial charge on any atom is 0.472 e. The number of esters is 4. The van der Waals surface area contributed by atoms with Gasteiger partial charge in [-0.15, -0.1) is 0 Å². The van der Waals surface area contributed by atoms with Gasteiger partial charge in [0.25, 0.3) is 0 Å². The lowest BCUT2D eigenvalue weighted by molar-refractivity contribution is -0.161. The van der Waals surface area contributed by atoms with E-state index in [1.54, 1.807) is 0 Å². The maximum absolute atomic E-state index is 12.9. The standard InChI is InChI=1S/C60H116O17P2/c1-7-9-11-13-23-32-38-44-59(64)76-55(48-70-57(62)42-36-28-12-10-8-2)50-74-78(66,67)72-46-54(61)47-73-79(68,69)75-51-56(49-71-58(63)43-37-31-26-21-18-17-20-25-30-35-41-53(5)6)77-60(65)45-39-33-27-22-16-14-15-19-24-29-34-40-52(3)4/h52-56,61H,7-51H2,1-6H3,(H,66,67)(H,68,69)/t54-,55+,56+/m0/s1. The topological polar surface area (TPSA) is 237 Å². The summed E-state index contributed by atoms with van der Waals surface area (Å²) in [5.41, 5.74) is 0. The molecule has 5 atom stereocenters.